The minimum atomic E-state index is -0.629. The third kappa shape index (κ3) is 5.39. The second-order valence-electron chi connectivity index (χ2n) is 4.79. The first kappa shape index (κ1) is 15.0. The molecule has 104 valence electrons. The average molecular weight is 264 g/mol. The Hall–Kier alpha value is -2.08. The predicted molar refractivity (Wildman–Crippen MR) is 75.7 cm³/mol. The first-order valence-corrected chi connectivity index (χ1v) is 6.11. The van der Waals surface area contributed by atoms with E-state index in [0.29, 0.717) is 23.7 Å². The summed E-state index contributed by atoms with van der Waals surface area (Å²) < 4.78 is 0. The van der Waals surface area contributed by atoms with Crippen LogP contribution in [0.4, 0.5) is 16.2 Å². The largest absolute Gasteiger partial charge is 0.351 e. The molecule has 0 saturated heterocycles. The molecule has 0 unspecified atom stereocenters. The molecule has 1 aromatic rings. The van der Waals surface area contributed by atoms with E-state index in [1.54, 1.807) is 24.3 Å². The summed E-state index contributed by atoms with van der Waals surface area (Å²) in [4.78, 5) is 22.4. The van der Waals surface area contributed by atoms with Crippen LogP contribution in [-0.2, 0) is 4.79 Å². The normalized spacial score (nSPS) is 12.0. The van der Waals surface area contributed by atoms with Crippen LogP contribution in [0, 0.1) is 5.92 Å². The highest BCUT2D eigenvalue weighted by molar-refractivity contribution is 5.95. The Bertz CT molecular complexity index is 442. The van der Waals surface area contributed by atoms with Gasteiger partial charge in [0.1, 0.15) is 0 Å². The maximum atomic E-state index is 11.8. The molecular formula is C13H20N4O2. The van der Waals surface area contributed by atoms with Crippen molar-refractivity contribution in [2.45, 2.75) is 26.3 Å². The van der Waals surface area contributed by atoms with E-state index in [-0.39, 0.29) is 5.91 Å². The molecule has 1 aromatic carbocycles. The van der Waals surface area contributed by atoms with Gasteiger partial charge in [0.25, 0.3) is 0 Å². The molecule has 0 aliphatic heterocycles. The van der Waals surface area contributed by atoms with Gasteiger partial charge in [0, 0.05) is 11.4 Å². The summed E-state index contributed by atoms with van der Waals surface area (Å²) in [5, 5.41) is 5.16. The van der Waals surface area contributed by atoms with Crippen LogP contribution >= 0.6 is 0 Å². The molecule has 0 heterocycles. The number of amides is 3. The van der Waals surface area contributed by atoms with E-state index in [1.807, 2.05) is 13.8 Å². The van der Waals surface area contributed by atoms with Crippen LogP contribution in [0.2, 0.25) is 0 Å². The molecular weight excluding hydrogens is 244 g/mol. The van der Waals surface area contributed by atoms with Gasteiger partial charge in [-0.2, -0.15) is 0 Å². The van der Waals surface area contributed by atoms with E-state index in [9.17, 15) is 9.59 Å². The number of benzene rings is 1. The molecule has 19 heavy (non-hydrogen) atoms. The lowest BCUT2D eigenvalue weighted by Crippen LogP contribution is -2.36. The molecule has 0 radical (unpaired) electrons. The van der Waals surface area contributed by atoms with Crippen molar-refractivity contribution in [1.29, 1.82) is 0 Å². The van der Waals surface area contributed by atoms with Gasteiger partial charge in [-0.15, -0.1) is 0 Å². The fourth-order valence-corrected chi connectivity index (χ4v) is 1.63. The van der Waals surface area contributed by atoms with Crippen molar-refractivity contribution in [2.75, 3.05) is 10.6 Å². The lowest BCUT2D eigenvalue weighted by molar-refractivity contribution is -0.117. The number of hydrogen-bond donors (Lipinski definition) is 4. The SMILES string of the molecule is CC(C)C[C@H](N)C(=O)Nc1ccc(NC(N)=O)cc1. The first-order chi connectivity index (χ1) is 8.88. The molecule has 6 N–H and O–H groups in total. The predicted octanol–water partition coefficient (Wildman–Crippen LogP) is 1.49. The standard InChI is InChI=1S/C13H20N4O2/c1-8(2)7-11(14)12(18)16-9-3-5-10(6-4-9)17-13(15)19/h3-6,8,11H,7,14H2,1-2H3,(H,16,18)(H3,15,17,19)/t11-/m0/s1. The summed E-state index contributed by atoms with van der Waals surface area (Å²) in [5.41, 5.74) is 12.0. The summed E-state index contributed by atoms with van der Waals surface area (Å²) in [7, 11) is 0. The molecule has 1 rings (SSSR count). The first-order valence-electron chi connectivity index (χ1n) is 6.11. The van der Waals surface area contributed by atoms with Crippen LogP contribution in [0.25, 0.3) is 0 Å². The lowest BCUT2D eigenvalue weighted by atomic mass is 10.0. The van der Waals surface area contributed by atoms with Crippen molar-refractivity contribution in [1.82, 2.24) is 0 Å². The molecule has 0 bridgehead atoms. The van der Waals surface area contributed by atoms with Crippen LogP contribution in [0.3, 0.4) is 0 Å². The van der Waals surface area contributed by atoms with Gasteiger partial charge >= 0.3 is 6.03 Å². The van der Waals surface area contributed by atoms with Crippen LogP contribution < -0.4 is 22.1 Å². The van der Waals surface area contributed by atoms with Crippen molar-refractivity contribution < 1.29 is 9.59 Å². The van der Waals surface area contributed by atoms with E-state index in [4.69, 9.17) is 11.5 Å². The second kappa shape index (κ2) is 6.75. The van der Waals surface area contributed by atoms with E-state index in [2.05, 4.69) is 10.6 Å². The molecule has 0 aliphatic rings. The Balaban J connectivity index is 2.57. The van der Waals surface area contributed by atoms with Crippen molar-refractivity contribution in [3.63, 3.8) is 0 Å². The van der Waals surface area contributed by atoms with Gasteiger partial charge in [0.05, 0.1) is 6.04 Å². The highest BCUT2D eigenvalue weighted by Crippen LogP contribution is 2.14. The highest BCUT2D eigenvalue weighted by Gasteiger charge is 2.14. The summed E-state index contributed by atoms with van der Waals surface area (Å²) in [5.74, 6) is 0.146. The number of primary amides is 1. The summed E-state index contributed by atoms with van der Waals surface area (Å²) in [6.45, 7) is 4.02. The topological polar surface area (TPSA) is 110 Å². The minimum Gasteiger partial charge on any atom is -0.351 e. The smallest absolute Gasteiger partial charge is 0.316 e. The highest BCUT2D eigenvalue weighted by atomic mass is 16.2. The maximum Gasteiger partial charge on any atom is 0.316 e. The Morgan fingerprint density at radius 3 is 2.00 bits per heavy atom. The maximum absolute atomic E-state index is 11.8. The molecule has 0 aromatic heterocycles. The van der Waals surface area contributed by atoms with E-state index >= 15 is 0 Å². The fourth-order valence-electron chi connectivity index (χ4n) is 1.63. The van der Waals surface area contributed by atoms with E-state index < -0.39 is 12.1 Å². The quantitative estimate of drug-likeness (QED) is 0.646. The van der Waals surface area contributed by atoms with Gasteiger partial charge in [0.15, 0.2) is 0 Å². The van der Waals surface area contributed by atoms with Gasteiger partial charge in [-0.1, -0.05) is 13.8 Å². The Morgan fingerprint density at radius 2 is 1.58 bits per heavy atom. The molecule has 0 spiro atoms. The van der Waals surface area contributed by atoms with Crippen molar-refractivity contribution in [2.24, 2.45) is 17.4 Å². The molecule has 6 nitrogen and oxygen atoms in total. The summed E-state index contributed by atoms with van der Waals surface area (Å²) >= 11 is 0. The van der Waals surface area contributed by atoms with Gasteiger partial charge in [-0.3, -0.25) is 4.79 Å². The van der Waals surface area contributed by atoms with Gasteiger partial charge in [-0.25, -0.2) is 4.79 Å². The Labute approximate surface area is 112 Å². The van der Waals surface area contributed by atoms with Crippen LogP contribution in [0.1, 0.15) is 20.3 Å². The van der Waals surface area contributed by atoms with Crippen molar-refractivity contribution >= 4 is 23.3 Å². The van der Waals surface area contributed by atoms with E-state index in [1.165, 1.54) is 0 Å². The number of nitrogens with one attached hydrogen (secondary N) is 2. The minimum absolute atomic E-state index is 0.218. The zero-order valence-electron chi connectivity index (χ0n) is 11.1. The number of carbonyl (C=O) groups excluding carboxylic acids is 2. The number of rotatable bonds is 5. The van der Waals surface area contributed by atoms with Crippen LogP contribution in [-0.4, -0.2) is 18.0 Å². The molecule has 0 aliphatic carbocycles. The molecule has 0 fully saturated rings. The lowest BCUT2D eigenvalue weighted by Gasteiger charge is -2.14. The van der Waals surface area contributed by atoms with Gasteiger partial charge in [-0.05, 0) is 36.6 Å². The fraction of sp³-hybridized carbons (Fsp3) is 0.385. The molecule has 0 saturated carbocycles. The van der Waals surface area contributed by atoms with Crippen molar-refractivity contribution in [3.8, 4) is 0 Å². The second-order valence-corrected chi connectivity index (χ2v) is 4.79. The zero-order chi connectivity index (χ0) is 14.4. The van der Waals surface area contributed by atoms with Gasteiger partial charge < -0.3 is 22.1 Å². The van der Waals surface area contributed by atoms with Crippen LogP contribution in [0.5, 0.6) is 0 Å². The number of anilines is 2. The average Bonchev–Trinajstić information content (AvgIpc) is 2.30. The Morgan fingerprint density at radius 1 is 1.11 bits per heavy atom. The number of carbonyl (C=O) groups is 2. The van der Waals surface area contributed by atoms with E-state index in [0.717, 1.165) is 0 Å². The van der Waals surface area contributed by atoms with Gasteiger partial charge in [0.2, 0.25) is 5.91 Å². The third-order valence-corrected chi connectivity index (χ3v) is 2.48. The van der Waals surface area contributed by atoms with Crippen LogP contribution in [0.15, 0.2) is 24.3 Å². The summed E-state index contributed by atoms with van der Waals surface area (Å²) in [6.07, 6.45) is 0.632. The monoisotopic (exact) mass is 264 g/mol. The molecule has 1 atom stereocenters. The number of nitrogens with two attached hydrogens (primary N) is 2. The molecule has 3 amide bonds. The number of urea groups is 1. The Kier molecular flexibility index (Phi) is 5.32. The summed E-state index contributed by atoms with van der Waals surface area (Å²) in [6, 6.07) is 5.48. The number of hydrogen-bond acceptors (Lipinski definition) is 3. The molecule has 6 heteroatoms. The third-order valence-electron chi connectivity index (χ3n) is 2.48. The van der Waals surface area contributed by atoms with Crippen molar-refractivity contribution in [3.05, 3.63) is 24.3 Å². The zero-order valence-corrected chi connectivity index (χ0v) is 11.1.